The van der Waals surface area contributed by atoms with E-state index in [1.54, 1.807) is 6.07 Å². The summed E-state index contributed by atoms with van der Waals surface area (Å²) in [6, 6.07) is 8.66. The summed E-state index contributed by atoms with van der Waals surface area (Å²) in [6.45, 7) is 2.48. The van der Waals surface area contributed by atoms with Crippen molar-refractivity contribution in [2.45, 2.75) is 13.3 Å². The minimum absolute atomic E-state index is 0.0519. The van der Waals surface area contributed by atoms with Gasteiger partial charge in [0, 0.05) is 0 Å². The Kier molecular flexibility index (Phi) is 3.61. The number of hydrogen-bond donors (Lipinski definition) is 1. The molecule has 0 aliphatic carbocycles. The van der Waals surface area contributed by atoms with Crippen molar-refractivity contribution in [1.82, 2.24) is 0 Å². The lowest BCUT2D eigenvalue weighted by Crippen LogP contribution is -2.01. The van der Waals surface area contributed by atoms with E-state index in [2.05, 4.69) is 13.0 Å². The number of aliphatic hydroxyl groups is 1. The van der Waals surface area contributed by atoms with E-state index in [1.165, 1.54) is 5.56 Å². The van der Waals surface area contributed by atoms with E-state index in [4.69, 9.17) is 9.84 Å². The highest BCUT2D eigenvalue weighted by Crippen LogP contribution is 2.12. The summed E-state index contributed by atoms with van der Waals surface area (Å²) in [6.07, 6.45) is 0.979. The largest absolute Gasteiger partial charge is 0.491 e. The maximum Gasteiger partial charge on any atom is 0.120 e. The van der Waals surface area contributed by atoms with Gasteiger partial charge in [0.25, 0.3) is 0 Å². The summed E-state index contributed by atoms with van der Waals surface area (Å²) in [5.74, 6) is 0.781. The summed E-state index contributed by atoms with van der Waals surface area (Å²) in [7, 11) is 0. The van der Waals surface area contributed by atoms with Gasteiger partial charge in [-0.15, -0.1) is 0 Å². The van der Waals surface area contributed by atoms with Crippen molar-refractivity contribution in [3.05, 3.63) is 29.8 Å². The van der Waals surface area contributed by atoms with Gasteiger partial charge in [0.1, 0.15) is 12.4 Å². The summed E-state index contributed by atoms with van der Waals surface area (Å²) < 4.78 is 5.22. The van der Waals surface area contributed by atoms with Gasteiger partial charge in [-0.25, -0.2) is 0 Å². The second-order valence-corrected chi connectivity index (χ2v) is 2.50. The minimum Gasteiger partial charge on any atom is -0.491 e. The van der Waals surface area contributed by atoms with Crippen LogP contribution in [0.3, 0.4) is 0 Å². The van der Waals surface area contributed by atoms with Crippen molar-refractivity contribution in [1.29, 1.82) is 0 Å². The van der Waals surface area contributed by atoms with Crippen LogP contribution in [0.4, 0.5) is 0 Å². The third kappa shape index (κ3) is 2.55. The highest BCUT2D eigenvalue weighted by atomic mass is 16.5. The predicted molar refractivity (Wildman–Crippen MR) is 47.2 cm³/mol. The molecule has 1 aromatic carbocycles. The Labute approximate surface area is 72.8 Å². The minimum atomic E-state index is 0.0519. The molecule has 1 rings (SSSR count). The van der Waals surface area contributed by atoms with Crippen LogP contribution < -0.4 is 4.74 Å². The Morgan fingerprint density at radius 2 is 2.33 bits per heavy atom. The number of aryl methyl sites for hydroxylation is 1. The number of benzene rings is 1. The lowest BCUT2D eigenvalue weighted by molar-refractivity contribution is 0.201. The molecule has 1 N–H and O–H groups in total. The fourth-order valence-corrected chi connectivity index (χ4v) is 0.948. The van der Waals surface area contributed by atoms with Gasteiger partial charge >= 0.3 is 0 Å². The maximum atomic E-state index is 8.52. The maximum absolute atomic E-state index is 8.52. The van der Waals surface area contributed by atoms with Crippen LogP contribution in [0.25, 0.3) is 0 Å². The molecule has 0 aromatic heterocycles. The van der Waals surface area contributed by atoms with Crippen LogP contribution in [0.15, 0.2) is 18.2 Å². The molecular weight excluding hydrogens is 152 g/mol. The van der Waals surface area contributed by atoms with Crippen LogP contribution in [0, 0.1) is 6.07 Å². The zero-order valence-corrected chi connectivity index (χ0v) is 7.21. The van der Waals surface area contributed by atoms with Crippen molar-refractivity contribution < 1.29 is 9.84 Å². The molecule has 0 saturated heterocycles. The van der Waals surface area contributed by atoms with E-state index in [-0.39, 0.29) is 6.61 Å². The Bertz CT molecular complexity index is 233. The summed E-state index contributed by atoms with van der Waals surface area (Å²) in [5, 5.41) is 8.52. The fraction of sp³-hybridized carbons (Fsp3) is 0.400. The van der Waals surface area contributed by atoms with Crippen LogP contribution in [-0.2, 0) is 6.42 Å². The molecule has 0 fully saturated rings. The van der Waals surface area contributed by atoms with Gasteiger partial charge in [0.2, 0.25) is 0 Å². The summed E-state index contributed by atoms with van der Waals surface area (Å²) in [4.78, 5) is 0. The first-order valence-electron chi connectivity index (χ1n) is 4.10. The average molecular weight is 165 g/mol. The van der Waals surface area contributed by atoms with Gasteiger partial charge in [-0.2, -0.15) is 0 Å². The first kappa shape index (κ1) is 9.07. The lowest BCUT2D eigenvalue weighted by atomic mass is 10.2. The normalized spacial score (nSPS) is 9.83. The summed E-state index contributed by atoms with van der Waals surface area (Å²) in [5.41, 5.74) is 1.20. The average Bonchev–Trinajstić information content (AvgIpc) is 2.15. The Morgan fingerprint density at radius 1 is 1.50 bits per heavy atom. The molecule has 12 heavy (non-hydrogen) atoms. The van der Waals surface area contributed by atoms with Crippen LogP contribution in [-0.4, -0.2) is 18.3 Å². The zero-order valence-electron chi connectivity index (χ0n) is 7.21. The first-order chi connectivity index (χ1) is 5.86. The van der Waals surface area contributed by atoms with Crippen molar-refractivity contribution in [3.63, 3.8) is 0 Å². The first-order valence-corrected chi connectivity index (χ1v) is 4.10. The quantitative estimate of drug-likeness (QED) is 0.731. The van der Waals surface area contributed by atoms with Gasteiger partial charge in [-0.1, -0.05) is 13.0 Å². The molecule has 1 aromatic rings. The van der Waals surface area contributed by atoms with Crippen molar-refractivity contribution >= 4 is 0 Å². The predicted octanol–water partition coefficient (Wildman–Crippen LogP) is 1.42. The molecule has 0 amide bonds. The molecule has 0 unspecified atom stereocenters. The number of aliphatic hydroxyl groups excluding tert-OH is 1. The molecule has 2 heteroatoms. The zero-order chi connectivity index (χ0) is 8.81. The van der Waals surface area contributed by atoms with Crippen molar-refractivity contribution in [3.8, 4) is 5.75 Å². The number of ether oxygens (including phenoxy) is 1. The molecule has 0 spiro atoms. The van der Waals surface area contributed by atoms with Crippen LogP contribution in [0.2, 0.25) is 0 Å². The molecule has 0 saturated carbocycles. The Morgan fingerprint density at radius 3 is 3.00 bits per heavy atom. The second-order valence-electron chi connectivity index (χ2n) is 2.50. The fourth-order valence-electron chi connectivity index (χ4n) is 0.948. The van der Waals surface area contributed by atoms with E-state index in [0.29, 0.717) is 6.61 Å². The standard InChI is InChI=1S/C10H13O2/c1-2-9-4-3-5-10(8-9)12-7-6-11/h4-5,8,11H,2,6-7H2,1H3. The van der Waals surface area contributed by atoms with Crippen molar-refractivity contribution in [2.24, 2.45) is 0 Å². The lowest BCUT2D eigenvalue weighted by Gasteiger charge is -2.04. The third-order valence-corrected chi connectivity index (χ3v) is 1.59. The van der Waals surface area contributed by atoms with E-state index < -0.39 is 0 Å². The monoisotopic (exact) mass is 165 g/mol. The molecule has 1 radical (unpaired) electrons. The van der Waals surface area contributed by atoms with Gasteiger partial charge in [0.05, 0.1) is 6.61 Å². The van der Waals surface area contributed by atoms with E-state index >= 15 is 0 Å². The smallest absolute Gasteiger partial charge is 0.120 e. The van der Waals surface area contributed by atoms with Gasteiger partial charge in [-0.05, 0) is 30.2 Å². The van der Waals surface area contributed by atoms with Crippen molar-refractivity contribution in [2.75, 3.05) is 13.2 Å². The van der Waals surface area contributed by atoms with Gasteiger partial charge in [-0.3, -0.25) is 0 Å². The molecule has 2 nitrogen and oxygen atoms in total. The highest BCUT2D eigenvalue weighted by Gasteiger charge is 1.93. The molecule has 0 aliphatic rings. The van der Waals surface area contributed by atoms with E-state index in [0.717, 1.165) is 12.2 Å². The third-order valence-electron chi connectivity index (χ3n) is 1.59. The Hall–Kier alpha value is -1.02. The molecule has 0 aliphatic heterocycles. The SMILES string of the molecule is CCc1c[c]cc(OCCO)c1. The van der Waals surface area contributed by atoms with Crippen LogP contribution >= 0.6 is 0 Å². The molecule has 0 heterocycles. The second kappa shape index (κ2) is 4.78. The number of rotatable bonds is 4. The van der Waals surface area contributed by atoms with Gasteiger partial charge < -0.3 is 9.84 Å². The summed E-state index contributed by atoms with van der Waals surface area (Å²) >= 11 is 0. The van der Waals surface area contributed by atoms with Crippen LogP contribution in [0.5, 0.6) is 5.75 Å². The molecular formula is C10H13O2. The van der Waals surface area contributed by atoms with E-state index in [9.17, 15) is 0 Å². The van der Waals surface area contributed by atoms with Crippen LogP contribution in [0.1, 0.15) is 12.5 Å². The molecule has 0 atom stereocenters. The molecule has 65 valence electrons. The van der Waals surface area contributed by atoms with E-state index in [1.807, 2.05) is 12.1 Å². The topological polar surface area (TPSA) is 29.5 Å². The number of hydrogen-bond acceptors (Lipinski definition) is 2. The Balaban J connectivity index is 2.60. The molecule has 0 bridgehead atoms. The highest BCUT2D eigenvalue weighted by molar-refractivity contribution is 5.27. The van der Waals surface area contributed by atoms with Gasteiger partial charge in [0.15, 0.2) is 0 Å².